The second-order valence-corrected chi connectivity index (χ2v) is 4.90. The minimum absolute atomic E-state index is 0.228. The average molecular weight is 306 g/mol. The molecule has 21 heavy (non-hydrogen) atoms. The van der Waals surface area contributed by atoms with Crippen molar-refractivity contribution in [1.29, 1.82) is 0 Å². The van der Waals surface area contributed by atoms with Crippen LogP contribution in [-0.2, 0) is 0 Å². The standard InChI is InChI=1S/C14H18F4N2O/c15-5-4-13(20-8-6-19-7-9-20)11-2-1-3-12(10-11)21-14(16,17)18/h1-3,10,13,19H,4-9H2/t13-/m1/s1. The molecule has 1 fully saturated rings. The fourth-order valence-electron chi connectivity index (χ4n) is 2.58. The molecule has 0 amide bonds. The van der Waals surface area contributed by atoms with Gasteiger partial charge in [0.25, 0.3) is 0 Å². The highest BCUT2D eigenvalue weighted by Gasteiger charge is 2.31. The molecule has 0 unspecified atom stereocenters. The Balaban J connectivity index is 2.17. The molecule has 1 aromatic carbocycles. The van der Waals surface area contributed by atoms with Crippen LogP contribution in [0.4, 0.5) is 17.6 Å². The second kappa shape index (κ2) is 7.09. The van der Waals surface area contributed by atoms with Crippen LogP contribution in [0.5, 0.6) is 5.75 Å². The molecule has 1 aromatic rings. The predicted octanol–water partition coefficient (Wildman–Crippen LogP) is 2.89. The number of piperazine rings is 1. The van der Waals surface area contributed by atoms with Crippen LogP contribution >= 0.6 is 0 Å². The van der Waals surface area contributed by atoms with E-state index in [9.17, 15) is 17.6 Å². The Morgan fingerprint density at radius 1 is 1.24 bits per heavy atom. The Labute approximate surface area is 120 Å². The van der Waals surface area contributed by atoms with Gasteiger partial charge in [0.2, 0.25) is 0 Å². The van der Waals surface area contributed by atoms with Gasteiger partial charge in [-0.2, -0.15) is 0 Å². The van der Waals surface area contributed by atoms with Crippen LogP contribution < -0.4 is 10.1 Å². The van der Waals surface area contributed by atoms with Crippen molar-refractivity contribution < 1.29 is 22.3 Å². The van der Waals surface area contributed by atoms with E-state index in [-0.39, 0.29) is 18.2 Å². The van der Waals surface area contributed by atoms with Gasteiger partial charge in [-0.1, -0.05) is 12.1 Å². The summed E-state index contributed by atoms with van der Waals surface area (Å²) in [5.74, 6) is -0.265. The monoisotopic (exact) mass is 306 g/mol. The molecule has 118 valence electrons. The van der Waals surface area contributed by atoms with Crippen molar-refractivity contribution in [1.82, 2.24) is 10.2 Å². The van der Waals surface area contributed by atoms with Crippen molar-refractivity contribution in [2.75, 3.05) is 32.9 Å². The average Bonchev–Trinajstić information content (AvgIpc) is 2.44. The van der Waals surface area contributed by atoms with Crippen molar-refractivity contribution in [3.8, 4) is 5.75 Å². The first-order valence-electron chi connectivity index (χ1n) is 6.86. The van der Waals surface area contributed by atoms with Crippen molar-refractivity contribution in [2.24, 2.45) is 0 Å². The lowest BCUT2D eigenvalue weighted by Gasteiger charge is -2.35. The van der Waals surface area contributed by atoms with Crippen molar-refractivity contribution in [3.63, 3.8) is 0 Å². The Bertz CT molecular complexity index is 447. The minimum Gasteiger partial charge on any atom is -0.406 e. The summed E-state index contributed by atoms with van der Waals surface area (Å²) in [5.41, 5.74) is 0.649. The summed E-state index contributed by atoms with van der Waals surface area (Å²) >= 11 is 0. The summed E-state index contributed by atoms with van der Waals surface area (Å²) in [4.78, 5) is 2.09. The van der Waals surface area contributed by atoms with Gasteiger partial charge >= 0.3 is 6.36 Å². The Morgan fingerprint density at radius 3 is 2.57 bits per heavy atom. The Hall–Kier alpha value is -1.34. The normalized spacial score (nSPS) is 18.5. The molecule has 0 bridgehead atoms. The van der Waals surface area contributed by atoms with E-state index in [1.807, 2.05) is 0 Å². The van der Waals surface area contributed by atoms with E-state index in [2.05, 4.69) is 15.0 Å². The number of halogens is 4. The van der Waals surface area contributed by atoms with Crippen LogP contribution in [0.3, 0.4) is 0 Å². The van der Waals surface area contributed by atoms with Crippen LogP contribution in [0.1, 0.15) is 18.0 Å². The second-order valence-electron chi connectivity index (χ2n) is 4.90. The molecule has 2 rings (SSSR count). The number of rotatable bonds is 5. The predicted molar refractivity (Wildman–Crippen MR) is 70.9 cm³/mol. The molecule has 1 aliphatic heterocycles. The zero-order valence-corrected chi connectivity index (χ0v) is 11.5. The number of benzene rings is 1. The SMILES string of the molecule is FCC[C@H](c1cccc(OC(F)(F)F)c1)N1CCNCC1. The largest absolute Gasteiger partial charge is 0.573 e. The smallest absolute Gasteiger partial charge is 0.406 e. The maximum atomic E-state index is 12.8. The first kappa shape index (κ1) is 16.0. The molecule has 1 aliphatic rings. The molecule has 3 nitrogen and oxygen atoms in total. The van der Waals surface area contributed by atoms with Gasteiger partial charge in [-0.15, -0.1) is 13.2 Å². The van der Waals surface area contributed by atoms with Crippen molar-refractivity contribution in [3.05, 3.63) is 29.8 Å². The van der Waals surface area contributed by atoms with Gasteiger partial charge in [-0.25, -0.2) is 0 Å². The third-order valence-corrected chi connectivity index (χ3v) is 3.45. The lowest BCUT2D eigenvalue weighted by molar-refractivity contribution is -0.274. The third kappa shape index (κ3) is 4.86. The van der Waals surface area contributed by atoms with Crippen molar-refractivity contribution in [2.45, 2.75) is 18.8 Å². The number of ether oxygens (including phenoxy) is 1. The Kier molecular flexibility index (Phi) is 5.41. The van der Waals surface area contributed by atoms with E-state index in [0.717, 1.165) is 26.2 Å². The third-order valence-electron chi connectivity index (χ3n) is 3.45. The highest BCUT2D eigenvalue weighted by atomic mass is 19.4. The first-order chi connectivity index (χ1) is 9.99. The van der Waals surface area contributed by atoms with Crippen LogP contribution in [0.2, 0.25) is 0 Å². The van der Waals surface area contributed by atoms with Gasteiger partial charge in [0, 0.05) is 32.2 Å². The summed E-state index contributed by atoms with van der Waals surface area (Å²) < 4.78 is 53.6. The number of nitrogens with one attached hydrogen (secondary N) is 1. The lowest BCUT2D eigenvalue weighted by atomic mass is 10.0. The van der Waals surface area contributed by atoms with Gasteiger partial charge in [0.1, 0.15) is 5.75 Å². The van der Waals surface area contributed by atoms with Gasteiger partial charge in [0.15, 0.2) is 0 Å². The lowest BCUT2D eigenvalue weighted by Crippen LogP contribution is -2.45. The molecule has 0 saturated carbocycles. The number of hydrogen-bond acceptors (Lipinski definition) is 3. The highest BCUT2D eigenvalue weighted by Crippen LogP contribution is 2.30. The summed E-state index contributed by atoms with van der Waals surface area (Å²) in [6.45, 7) is 2.56. The van der Waals surface area contributed by atoms with E-state index < -0.39 is 13.0 Å². The quantitative estimate of drug-likeness (QED) is 0.847. The van der Waals surface area contributed by atoms with Crippen LogP contribution in [0.25, 0.3) is 0 Å². The minimum atomic E-state index is -4.72. The molecule has 1 N–H and O–H groups in total. The number of alkyl halides is 4. The molecule has 1 heterocycles. The molecule has 1 saturated heterocycles. The van der Waals surface area contributed by atoms with E-state index in [1.54, 1.807) is 6.07 Å². The summed E-state index contributed by atoms with van der Waals surface area (Å²) in [7, 11) is 0. The summed E-state index contributed by atoms with van der Waals surface area (Å²) in [5, 5.41) is 3.20. The van der Waals surface area contributed by atoms with Gasteiger partial charge in [-0.05, 0) is 24.1 Å². The van der Waals surface area contributed by atoms with Crippen LogP contribution in [0.15, 0.2) is 24.3 Å². The van der Waals surface area contributed by atoms with Crippen molar-refractivity contribution >= 4 is 0 Å². The van der Waals surface area contributed by atoms with E-state index in [1.165, 1.54) is 18.2 Å². The zero-order valence-electron chi connectivity index (χ0n) is 11.5. The van der Waals surface area contributed by atoms with E-state index in [0.29, 0.717) is 5.56 Å². The van der Waals surface area contributed by atoms with Gasteiger partial charge in [0.05, 0.1) is 6.67 Å². The van der Waals surface area contributed by atoms with E-state index >= 15 is 0 Å². The molecule has 0 aliphatic carbocycles. The molecular weight excluding hydrogens is 288 g/mol. The molecular formula is C14H18F4N2O. The molecule has 1 atom stereocenters. The maximum Gasteiger partial charge on any atom is 0.573 e. The van der Waals surface area contributed by atoms with Crippen LogP contribution in [-0.4, -0.2) is 44.1 Å². The molecule has 7 heteroatoms. The van der Waals surface area contributed by atoms with Gasteiger partial charge in [-0.3, -0.25) is 9.29 Å². The first-order valence-corrected chi connectivity index (χ1v) is 6.86. The summed E-state index contributed by atoms with van der Waals surface area (Å²) in [6, 6.07) is 5.58. The number of nitrogens with zero attached hydrogens (tertiary/aromatic N) is 1. The fourth-order valence-corrected chi connectivity index (χ4v) is 2.58. The summed E-state index contributed by atoms with van der Waals surface area (Å²) in [6.07, 6.45) is -4.46. The number of hydrogen-bond donors (Lipinski definition) is 1. The van der Waals surface area contributed by atoms with Crippen LogP contribution in [0, 0.1) is 0 Å². The molecule has 0 spiro atoms. The fraction of sp³-hybridized carbons (Fsp3) is 0.571. The molecule has 0 aromatic heterocycles. The topological polar surface area (TPSA) is 24.5 Å². The molecule has 0 radical (unpaired) electrons. The van der Waals surface area contributed by atoms with E-state index in [4.69, 9.17) is 0 Å². The highest BCUT2D eigenvalue weighted by molar-refractivity contribution is 5.31. The Morgan fingerprint density at radius 2 is 1.95 bits per heavy atom. The maximum absolute atomic E-state index is 12.8. The zero-order chi connectivity index (χ0) is 15.3. The van der Waals surface area contributed by atoms with Gasteiger partial charge < -0.3 is 10.1 Å².